The Bertz CT molecular complexity index is 1100. The van der Waals surface area contributed by atoms with Crippen LogP contribution in [0, 0.1) is 22.7 Å². The number of amides is 2. The molecule has 1 aliphatic rings. The van der Waals surface area contributed by atoms with Gasteiger partial charge in [-0.1, -0.05) is 25.6 Å². The second-order valence-corrected chi connectivity index (χ2v) is 8.11. The molecular formula is C21H19N5O3S. The quantitative estimate of drug-likeness (QED) is 0.729. The summed E-state index contributed by atoms with van der Waals surface area (Å²) in [7, 11) is 1.53. The molecule has 1 saturated heterocycles. The highest BCUT2D eigenvalue weighted by Crippen LogP contribution is 2.38. The second-order valence-electron chi connectivity index (χ2n) is 6.92. The Hall–Kier alpha value is -3.56. The monoisotopic (exact) mass is 421 g/mol. The van der Waals surface area contributed by atoms with E-state index in [-0.39, 0.29) is 40.2 Å². The Morgan fingerprint density at radius 2 is 1.83 bits per heavy atom. The summed E-state index contributed by atoms with van der Waals surface area (Å²) in [6.07, 6.45) is -0.0288. The van der Waals surface area contributed by atoms with E-state index in [0.717, 1.165) is 16.7 Å². The number of thioether (sulfide) groups is 1. The summed E-state index contributed by atoms with van der Waals surface area (Å²) in [5, 5.41) is 18.6. The maximum Gasteiger partial charge on any atom is 0.247 e. The van der Waals surface area contributed by atoms with Crippen molar-refractivity contribution in [2.75, 3.05) is 17.7 Å². The van der Waals surface area contributed by atoms with Crippen LogP contribution in [0.15, 0.2) is 29.3 Å². The summed E-state index contributed by atoms with van der Waals surface area (Å²) >= 11 is 1.03. The average Bonchev–Trinajstić information content (AvgIpc) is 3.00. The maximum absolute atomic E-state index is 13.0. The van der Waals surface area contributed by atoms with Gasteiger partial charge in [0.15, 0.2) is 0 Å². The third kappa shape index (κ3) is 3.68. The van der Waals surface area contributed by atoms with E-state index in [1.807, 2.05) is 19.9 Å². The van der Waals surface area contributed by atoms with Crippen LogP contribution in [0.1, 0.15) is 42.9 Å². The number of anilines is 2. The average molecular weight is 421 g/mol. The number of nitrogens with zero attached hydrogens (tertiary/aromatic N) is 4. The van der Waals surface area contributed by atoms with Gasteiger partial charge in [0, 0.05) is 6.42 Å². The second kappa shape index (κ2) is 8.44. The molecule has 0 aliphatic carbocycles. The van der Waals surface area contributed by atoms with Crippen LogP contribution < -0.4 is 15.4 Å². The molecule has 8 nitrogen and oxygen atoms in total. The third-order valence-corrected chi connectivity index (χ3v) is 5.89. The number of aromatic nitrogens is 1. The molecular weight excluding hydrogens is 402 g/mol. The van der Waals surface area contributed by atoms with Crippen molar-refractivity contribution < 1.29 is 14.3 Å². The smallest absolute Gasteiger partial charge is 0.247 e. The fraction of sp³-hybridized carbons (Fsp3) is 0.286. The van der Waals surface area contributed by atoms with Gasteiger partial charge in [0.05, 0.1) is 29.2 Å². The molecule has 1 aromatic carbocycles. The van der Waals surface area contributed by atoms with E-state index < -0.39 is 11.2 Å². The Balaban J connectivity index is 1.95. The van der Waals surface area contributed by atoms with Crippen LogP contribution in [-0.2, 0) is 9.59 Å². The van der Waals surface area contributed by atoms with Crippen molar-refractivity contribution in [3.8, 4) is 17.9 Å². The maximum atomic E-state index is 13.0. The van der Waals surface area contributed by atoms with Crippen LogP contribution in [0.4, 0.5) is 11.5 Å². The first kappa shape index (κ1) is 21.2. The molecule has 9 heteroatoms. The van der Waals surface area contributed by atoms with E-state index in [9.17, 15) is 20.1 Å². The molecule has 0 bridgehead atoms. The minimum atomic E-state index is -0.744. The molecule has 0 radical (unpaired) electrons. The van der Waals surface area contributed by atoms with Gasteiger partial charge in [-0.05, 0) is 35.7 Å². The minimum Gasteiger partial charge on any atom is -0.497 e. The van der Waals surface area contributed by atoms with Gasteiger partial charge < -0.3 is 10.5 Å². The van der Waals surface area contributed by atoms with Gasteiger partial charge in [0.25, 0.3) is 0 Å². The first-order chi connectivity index (χ1) is 14.3. The number of carbonyl (C=O) groups excluding carboxylic acids is 2. The highest BCUT2D eigenvalue weighted by Gasteiger charge is 2.41. The van der Waals surface area contributed by atoms with Crippen molar-refractivity contribution in [2.45, 2.75) is 36.5 Å². The number of hydrogen-bond donors (Lipinski definition) is 1. The number of benzene rings is 1. The molecule has 1 fully saturated rings. The topological polar surface area (TPSA) is 133 Å². The van der Waals surface area contributed by atoms with Crippen LogP contribution in [0.3, 0.4) is 0 Å². The molecule has 30 heavy (non-hydrogen) atoms. The predicted octanol–water partition coefficient (Wildman–Crippen LogP) is 2.96. The van der Waals surface area contributed by atoms with Crippen molar-refractivity contribution in [3.05, 3.63) is 41.0 Å². The Morgan fingerprint density at radius 3 is 2.37 bits per heavy atom. The van der Waals surface area contributed by atoms with Crippen molar-refractivity contribution in [1.29, 1.82) is 10.5 Å². The molecule has 1 atom stereocenters. The highest BCUT2D eigenvalue weighted by molar-refractivity contribution is 8.00. The van der Waals surface area contributed by atoms with E-state index in [1.165, 1.54) is 7.11 Å². The Labute approximate surface area is 178 Å². The zero-order valence-corrected chi connectivity index (χ0v) is 17.5. The number of methoxy groups -OCH3 is 1. The third-order valence-electron chi connectivity index (χ3n) is 4.72. The largest absolute Gasteiger partial charge is 0.497 e. The molecule has 152 valence electrons. The van der Waals surface area contributed by atoms with Gasteiger partial charge in [-0.15, -0.1) is 0 Å². The molecule has 0 unspecified atom stereocenters. The summed E-state index contributed by atoms with van der Waals surface area (Å²) in [6.45, 7) is 3.70. The lowest BCUT2D eigenvalue weighted by atomic mass is 9.94. The van der Waals surface area contributed by atoms with Crippen molar-refractivity contribution in [1.82, 2.24) is 4.98 Å². The lowest BCUT2D eigenvalue weighted by Gasteiger charge is -2.17. The fourth-order valence-corrected chi connectivity index (χ4v) is 4.45. The van der Waals surface area contributed by atoms with Crippen LogP contribution >= 0.6 is 11.8 Å². The first-order valence-corrected chi connectivity index (χ1v) is 10.0. The zero-order valence-electron chi connectivity index (χ0n) is 16.7. The van der Waals surface area contributed by atoms with E-state index in [2.05, 4.69) is 11.1 Å². The molecule has 1 aromatic heterocycles. The summed E-state index contributed by atoms with van der Waals surface area (Å²) < 4.78 is 5.11. The number of nitrogen functional groups attached to an aromatic ring is 1. The number of carbonyl (C=O) groups is 2. The number of nitriles is 2. The molecule has 2 aromatic rings. The lowest BCUT2D eigenvalue weighted by Crippen LogP contribution is -2.31. The summed E-state index contributed by atoms with van der Waals surface area (Å²) in [5.41, 5.74) is 7.27. The van der Waals surface area contributed by atoms with Crippen molar-refractivity contribution in [3.63, 3.8) is 0 Å². The molecule has 0 spiro atoms. The number of hydrogen-bond acceptors (Lipinski definition) is 8. The van der Waals surface area contributed by atoms with Crippen LogP contribution in [-0.4, -0.2) is 29.2 Å². The van der Waals surface area contributed by atoms with Gasteiger partial charge in [0.2, 0.25) is 11.8 Å². The van der Waals surface area contributed by atoms with Crippen LogP contribution in [0.25, 0.3) is 0 Å². The fourth-order valence-electron chi connectivity index (χ4n) is 3.32. The van der Waals surface area contributed by atoms with Gasteiger partial charge in [-0.25, -0.2) is 9.88 Å². The Morgan fingerprint density at radius 1 is 1.20 bits per heavy atom. The van der Waals surface area contributed by atoms with Gasteiger partial charge in [-0.3, -0.25) is 9.59 Å². The summed E-state index contributed by atoms with van der Waals surface area (Å²) in [6, 6.07) is 10.7. The SMILES string of the molecule is COc1ccc(N2C(=O)C[C@@H](Sc3nc(N)c(C#N)c(C(C)C)c3C#N)C2=O)cc1. The highest BCUT2D eigenvalue weighted by atomic mass is 32.2. The van der Waals surface area contributed by atoms with Crippen LogP contribution in [0.2, 0.25) is 0 Å². The van der Waals surface area contributed by atoms with Crippen molar-refractivity contribution in [2.24, 2.45) is 0 Å². The predicted molar refractivity (Wildman–Crippen MR) is 112 cm³/mol. The number of imide groups is 1. The van der Waals surface area contributed by atoms with E-state index >= 15 is 0 Å². The number of nitrogens with two attached hydrogens (primary N) is 1. The van der Waals surface area contributed by atoms with E-state index in [0.29, 0.717) is 17.0 Å². The molecule has 2 N–H and O–H groups in total. The van der Waals surface area contributed by atoms with Gasteiger partial charge in [-0.2, -0.15) is 10.5 Å². The molecule has 2 amide bonds. The van der Waals surface area contributed by atoms with Crippen LogP contribution in [0.5, 0.6) is 5.75 Å². The van der Waals surface area contributed by atoms with E-state index in [1.54, 1.807) is 24.3 Å². The molecule has 3 rings (SSSR count). The van der Waals surface area contributed by atoms with Gasteiger partial charge >= 0.3 is 0 Å². The molecule has 2 heterocycles. The standard InChI is InChI=1S/C21H19N5O3S/c1-11(2)18-14(9-22)19(24)25-20(15(18)10-23)30-16-8-17(27)26(21(16)28)12-4-6-13(29-3)7-5-12/h4-7,11,16H,8H2,1-3H3,(H2,24,25)/t16-/m1/s1. The normalized spacial score (nSPS) is 15.9. The lowest BCUT2D eigenvalue weighted by molar-refractivity contribution is -0.121. The number of pyridine rings is 1. The minimum absolute atomic E-state index is 0.00600. The van der Waals surface area contributed by atoms with E-state index in [4.69, 9.17) is 10.5 Å². The molecule has 1 aliphatic heterocycles. The summed E-state index contributed by atoms with van der Waals surface area (Å²) in [4.78, 5) is 30.8. The summed E-state index contributed by atoms with van der Waals surface area (Å²) in [5.74, 6) is -0.259. The van der Waals surface area contributed by atoms with Gasteiger partial charge in [0.1, 0.15) is 28.7 Å². The Kier molecular flexibility index (Phi) is 5.95. The van der Waals surface area contributed by atoms with Crippen molar-refractivity contribution >= 4 is 35.1 Å². The zero-order chi connectivity index (χ0) is 22.0. The first-order valence-electron chi connectivity index (χ1n) is 9.13. The number of rotatable bonds is 5. The number of ether oxygens (including phenoxy) is 1. The molecule has 0 saturated carbocycles.